The van der Waals surface area contributed by atoms with Crippen LogP contribution in [0.3, 0.4) is 0 Å². The van der Waals surface area contributed by atoms with Crippen molar-refractivity contribution in [3.8, 4) is 0 Å². The lowest BCUT2D eigenvalue weighted by Crippen LogP contribution is -2.49. The Morgan fingerprint density at radius 2 is 2.00 bits per heavy atom. The summed E-state index contributed by atoms with van der Waals surface area (Å²) in [7, 11) is 0. The van der Waals surface area contributed by atoms with Crippen LogP contribution in [0.5, 0.6) is 0 Å². The van der Waals surface area contributed by atoms with Gasteiger partial charge < -0.3 is 5.32 Å². The average Bonchev–Trinajstić information content (AvgIpc) is 2.93. The molecule has 1 atom stereocenters. The molecule has 0 bridgehead atoms. The molecule has 0 spiro atoms. The summed E-state index contributed by atoms with van der Waals surface area (Å²) in [6, 6.07) is 0. The van der Waals surface area contributed by atoms with Crippen molar-refractivity contribution >= 4 is 0 Å². The number of hydrogen-bond donors (Lipinski definition) is 1. The van der Waals surface area contributed by atoms with E-state index in [1.54, 1.807) is 0 Å². The molecule has 0 aromatic heterocycles. The maximum absolute atomic E-state index is 3.87. The van der Waals surface area contributed by atoms with Gasteiger partial charge in [-0.2, -0.15) is 0 Å². The molecule has 2 aliphatic rings. The minimum atomic E-state index is 0.498. The number of nitrogens with one attached hydrogen (secondary N) is 1. The molecule has 1 aliphatic carbocycles. The monoisotopic (exact) mass is 195 g/mol. The van der Waals surface area contributed by atoms with Crippen LogP contribution in [-0.2, 0) is 0 Å². The van der Waals surface area contributed by atoms with Crippen molar-refractivity contribution in [2.75, 3.05) is 6.54 Å². The molecule has 1 unspecified atom stereocenters. The molecule has 0 aromatic carbocycles. The second-order valence-electron chi connectivity index (χ2n) is 5.70. The van der Waals surface area contributed by atoms with Crippen molar-refractivity contribution in [2.24, 2.45) is 11.8 Å². The molecule has 1 heterocycles. The minimum absolute atomic E-state index is 0.498. The SMILES string of the molecule is CC(C)C1(CC2CC2)CCCCCN1. The van der Waals surface area contributed by atoms with Gasteiger partial charge in [-0.15, -0.1) is 0 Å². The maximum Gasteiger partial charge on any atom is 0.0207 e. The zero-order valence-electron chi connectivity index (χ0n) is 9.81. The quantitative estimate of drug-likeness (QED) is 0.728. The van der Waals surface area contributed by atoms with E-state index in [0.29, 0.717) is 5.54 Å². The normalized spacial score (nSPS) is 34.5. The van der Waals surface area contributed by atoms with E-state index < -0.39 is 0 Å². The van der Waals surface area contributed by atoms with E-state index >= 15 is 0 Å². The summed E-state index contributed by atoms with van der Waals surface area (Å²) in [4.78, 5) is 0. The highest BCUT2D eigenvalue weighted by Crippen LogP contribution is 2.42. The predicted molar refractivity (Wildman–Crippen MR) is 61.4 cm³/mol. The summed E-state index contributed by atoms with van der Waals surface area (Å²) >= 11 is 0. The van der Waals surface area contributed by atoms with Gasteiger partial charge in [0.15, 0.2) is 0 Å². The van der Waals surface area contributed by atoms with Crippen LogP contribution in [0.15, 0.2) is 0 Å². The van der Waals surface area contributed by atoms with Gasteiger partial charge in [0, 0.05) is 5.54 Å². The second kappa shape index (κ2) is 4.22. The molecule has 1 aliphatic heterocycles. The van der Waals surface area contributed by atoms with Crippen LogP contribution < -0.4 is 5.32 Å². The van der Waals surface area contributed by atoms with Crippen LogP contribution in [0.4, 0.5) is 0 Å². The van der Waals surface area contributed by atoms with Crippen LogP contribution in [0, 0.1) is 11.8 Å². The average molecular weight is 195 g/mol. The zero-order chi connectivity index (χ0) is 10.0. The Kier molecular flexibility index (Phi) is 3.16. The zero-order valence-corrected chi connectivity index (χ0v) is 9.81. The summed E-state index contributed by atoms with van der Waals surface area (Å²) in [5.41, 5.74) is 0.498. The Balaban J connectivity index is 2.01. The molecule has 1 saturated carbocycles. The van der Waals surface area contributed by atoms with Crippen molar-refractivity contribution < 1.29 is 0 Å². The molecule has 1 saturated heterocycles. The van der Waals surface area contributed by atoms with E-state index in [4.69, 9.17) is 0 Å². The molecule has 82 valence electrons. The van der Waals surface area contributed by atoms with Crippen molar-refractivity contribution in [1.29, 1.82) is 0 Å². The highest BCUT2D eigenvalue weighted by atomic mass is 15.0. The molecule has 1 nitrogen and oxygen atoms in total. The van der Waals surface area contributed by atoms with Gasteiger partial charge in [-0.1, -0.05) is 39.5 Å². The lowest BCUT2D eigenvalue weighted by molar-refractivity contribution is 0.200. The first-order chi connectivity index (χ1) is 6.73. The third-order valence-corrected chi connectivity index (χ3v) is 4.23. The van der Waals surface area contributed by atoms with Crippen molar-refractivity contribution in [1.82, 2.24) is 5.32 Å². The standard InChI is InChI=1S/C13H25N/c1-11(2)13(10-12-6-7-12)8-4-3-5-9-14-13/h11-12,14H,3-10H2,1-2H3. The first-order valence-corrected chi connectivity index (χ1v) is 6.48. The summed E-state index contributed by atoms with van der Waals surface area (Å²) < 4.78 is 0. The minimum Gasteiger partial charge on any atom is -0.311 e. The summed E-state index contributed by atoms with van der Waals surface area (Å²) in [5, 5.41) is 3.87. The molecule has 14 heavy (non-hydrogen) atoms. The topological polar surface area (TPSA) is 12.0 Å². The van der Waals surface area contributed by atoms with E-state index in [1.165, 1.54) is 51.5 Å². The van der Waals surface area contributed by atoms with Gasteiger partial charge in [-0.05, 0) is 37.6 Å². The fraction of sp³-hybridized carbons (Fsp3) is 1.00. The van der Waals surface area contributed by atoms with Crippen LogP contribution in [0.1, 0.15) is 58.8 Å². The van der Waals surface area contributed by atoms with Gasteiger partial charge in [0.25, 0.3) is 0 Å². The van der Waals surface area contributed by atoms with E-state index in [1.807, 2.05) is 0 Å². The van der Waals surface area contributed by atoms with Gasteiger partial charge in [0.1, 0.15) is 0 Å². The summed E-state index contributed by atoms with van der Waals surface area (Å²) in [6.07, 6.45) is 10.1. The third-order valence-electron chi connectivity index (χ3n) is 4.23. The second-order valence-corrected chi connectivity index (χ2v) is 5.70. The molecule has 2 rings (SSSR count). The van der Waals surface area contributed by atoms with E-state index in [-0.39, 0.29) is 0 Å². The first-order valence-electron chi connectivity index (χ1n) is 6.48. The fourth-order valence-electron chi connectivity index (χ4n) is 2.91. The van der Waals surface area contributed by atoms with Gasteiger partial charge in [0.05, 0.1) is 0 Å². The highest BCUT2D eigenvalue weighted by Gasteiger charge is 2.39. The Hall–Kier alpha value is -0.0400. The van der Waals surface area contributed by atoms with Gasteiger partial charge >= 0.3 is 0 Å². The Labute approximate surface area is 88.7 Å². The van der Waals surface area contributed by atoms with Gasteiger partial charge in [0.2, 0.25) is 0 Å². The highest BCUT2D eigenvalue weighted by molar-refractivity contribution is 4.96. The Morgan fingerprint density at radius 1 is 1.21 bits per heavy atom. The molecular formula is C13H25N. The molecule has 0 radical (unpaired) electrons. The molecule has 1 heteroatoms. The van der Waals surface area contributed by atoms with E-state index in [2.05, 4.69) is 19.2 Å². The van der Waals surface area contributed by atoms with Gasteiger partial charge in [-0.3, -0.25) is 0 Å². The Bertz CT molecular complexity index is 174. The number of rotatable bonds is 3. The van der Waals surface area contributed by atoms with Crippen LogP contribution in [0.25, 0.3) is 0 Å². The summed E-state index contributed by atoms with van der Waals surface area (Å²) in [6.45, 7) is 6.06. The molecule has 0 aromatic rings. The smallest absolute Gasteiger partial charge is 0.0207 e. The van der Waals surface area contributed by atoms with E-state index in [0.717, 1.165) is 11.8 Å². The van der Waals surface area contributed by atoms with Crippen molar-refractivity contribution in [3.05, 3.63) is 0 Å². The van der Waals surface area contributed by atoms with Crippen LogP contribution in [0.2, 0.25) is 0 Å². The fourth-order valence-corrected chi connectivity index (χ4v) is 2.91. The third kappa shape index (κ3) is 2.31. The molecule has 2 fully saturated rings. The molecule has 0 amide bonds. The lowest BCUT2D eigenvalue weighted by atomic mass is 9.78. The van der Waals surface area contributed by atoms with Crippen molar-refractivity contribution in [3.63, 3.8) is 0 Å². The molecule has 1 N–H and O–H groups in total. The first kappa shape index (κ1) is 10.5. The Morgan fingerprint density at radius 3 is 2.64 bits per heavy atom. The van der Waals surface area contributed by atoms with Crippen LogP contribution in [-0.4, -0.2) is 12.1 Å². The van der Waals surface area contributed by atoms with Crippen LogP contribution >= 0.6 is 0 Å². The van der Waals surface area contributed by atoms with Crippen molar-refractivity contribution in [2.45, 2.75) is 64.3 Å². The maximum atomic E-state index is 3.87. The number of hydrogen-bond acceptors (Lipinski definition) is 1. The molecular weight excluding hydrogens is 170 g/mol. The summed E-state index contributed by atoms with van der Waals surface area (Å²) in [5.74, 6) is 1.86. The predicted octanol–water partition coefficient (Wildman–Crippen LogP) is 3.34. The van der Waals surface area contributed by atoms with Gasteiger partial charge in [-0.25, -0.2) is 0 Å². The van der Waals surface area contributed by atoms with E-state index in [9.17, 15) is 0 Å². The largest absolute Gasteiger partial charge is 0.311 e. The lowest BCUT2D eigenvalue weighted by Gasteiger charge is -2.38.